The Bertz CT molecular complexity index is 1210. The van der Waals surface area contributed by atoms with Gasteiger partial charge in [-0.25, -0.2) is 4.98 Å². The fourth-order valence-corrected chi connectivity index (χ4v) is 6.44. The van der Waals surface area contributed by atoms with Gasteiger partial charge in [-0.05, 0) is 80.9 Å². The number of piperidine rings is 1. The minimum absolute atomic E-state index is 0.258. The number of benzene rings is 1. The lowest BCUT2D eigenvalue weighted by Crippen LogP contribution is -2.48. The molecule has 0 aliphatic carbocycles. The molecular formula is C34H54N8O3. The van der Waals surface area contributed by atoms with Crippen molar-refractivity contribution >= 4 is 35.1 Å². The number of likely N-dealkylation sites (tertiary alicyclic amines) is 1. The lowest BCUT2D eigenvalue weighted by Gasteiger charge is -2.37. The number of nitrogens with one attached hydrogen (secondary N) is 2. The summed E-state index contributed by atoms with van der Waals surface area (Å²) < 4.78 is 4.25. The molecule has 2 fully saturated rings. The third-order valence-electron chi connectivity index (χ3n) is 8.99. The smallest absolute Gasteiger partial charge is 0.222 e. The number of hydrogen-bond acceptors (Lipinski definition) is 10. The van der Waals surface area contributed by atoms with Gasteiger partial charge in [0, 0.05) is 77.8 Å². The van der Waals surface area contributed by atoms with Crippen LogP contribution in [-0.4, -0.2) is 100 Å². The molecule has 11 heteroatoms. The van der Waals surface area contributed by atoms with Crippen LogP contribution in [0.5, 0.6) is 0 Å². The highest BCUT2D eigenvalue weighted by atomic mass is 16.4. The first kappa shape index (κ1) is 34.5. The van der Waals surface area contributed by atoms with Crippen molar-refractivity contribution in [1.29, 1.82) is 0 Å². The van der Waals surface area contributed by atoms with Crippen molar-refractivity contribution in [3.63, 3.8) is 0 Å². The molecule has 0 bridgehead atoms. The summed E-state index contributed by atoms with van der Waals surface area (Å²) in [7, 11) is 3.25. The van der Waals surface area contributed by atoms with Crippen molar-refractivity contribution in [3.8, 4) is 0 Å². The van der Waals surface area contributed by atoms with Gasteiger partial charge in [0.15, 0.2) is 0 Å². The summed E-state index contributed by atoms with van der Waals surface area (Å²) >= 11 is 0. The van der Waals surface area contributed by atoms with Crippen molar-refractivity contribution in [1.82, 2.24) is 14.8 Å². The number of carbonyl (C=O) groups excluding carboxylic acids is 2. The van der Waals surface area contributed by atoms with Crippen LogP contribution in [0.3, 0.4) is 0 Å². The number of piperazine rings is 1. The minimum Gasteiger partial charge on any atom is -0.388 e. The van der Waals surface area contributed by atoms with Crippen molar-refractivity contribution in [2.75, 3.05) is 93.7 Å². The number of aryl methyl sites for hydroxylation is 1. The highest BCUT2D eigenvalue weighted by Gasteiger charge is 2.25. The van der Waals surface area contributed by atoms with Crippen LogP contribution in [-0.2, 0) is 27.3 Å². The molecule has 4 N–H and O–H groups in total. The number of pyridine rings is 1. The maximum atomic E-state index is 12.5. The molecule has 0 radical (unpaired) electrons. The van der Waals surface area contributed by atoms with Gasteiger partial charge in [0.05, 0.1) is 17.9 Å². The number of rotatable bonds is 12. The highest BCUT2D eigenvalue weighted by Crippen LogP contribution is 2.31. The maximum Gasteiger partial charge on any atom is 0.222 e. The number of anilines is 4. The second-order valence-corrected chi connectivity index (χ2v) is 12.4. The topological polar surface area (TPSA) is 119 Å². The number of aromatic nitrogens is 1. The zero-order valence-electron chi connectivity index (χ0n) is 27.6. The number of fused-ring (bicyclic) bond motifs is 1. The zero-order valence-corrected chi connectivity index (χ0v) is 27.6. The number of hydrogen-bond donors (Lipinski definition) is 3. The first-order valence-corrected chi connectivity index (χ1v) is 16.7. The van der Waals surface area contributed by atoms with E-state index < -0.39 is 0 Å². The SMILES string of the molecule is CCCCC(=O)N1CCN(c2cc(NN)cc(N(CC=O)CC3CCN(Cc4ccc5c(n4)NCCC5)CC3)c2)CC1.COC. The Kier molecular flexibility index (Phi) is 13.7. The van der Waals surface area contributed by atoms with Gasteiger partial charge >= 0.3 is 0 Å². The molecule has 0 atom stereocenters. The van der Waals surface area contributed by atoms with E-state index in [1.165, 1.54) is 12.0 Å². The molecule has 2 aromatic rings. The average molecular weight is 623 g/mol. The zero-order chi connectivity index (χ0) is 32.0. The molecule has 3 aliphatic rings. The van der Waals surface area contributed by atoms with Crippen molar-refractivity contribution in [2.24, 2.45) is 11.8 Å². The van der Waals surface area contributed by atoms with Gasteiger partial charge in [-0.15, -0.1) is 0 Å². The molecule has 11 nitrogen and oxygen atoms in total. The maximum absolute atomic E-state index is 12.5. The Hall–Kier alpha value is -3.41. The molecule has 45 heavy (non-hydrogen) atoms. The number of aldehydes is 1. The van der Waals surface area contributed by atoms with Gasteiger partial charge in [-0.2, -0.15) is 0 Å². The van der Waals surface area contributed by atoms with Crippen molar-refractivity contribution < 1.29 is 14.3 Å². The number of amides is 1. The van der Waals surface area contributed by atoms with Gasteiger partial charge in [-0.3, -0.25) is 15.5 Å². The van der Waals surface area contributed by atoms with E-state index in [-0.39, 0.29) is 5.91 Å². The molecule has 3 aliphatic heterocycles. The van der Waals surface area contributed by atoms with Crippen molar-refractivity contribution in [2.45, 2.75) is 58.4 Å². The Labute approximate surface area is 269 Å². The summed E-state index contributed by atoms with van der Waals surface area (Å²) in [6, 6.07) is 10.7. The number of unbranched alkanes of at least 4 members (excludes halogenated alkanes) is 1. The Morgan fingerprint density at radius 2 is 1.89 bits per heavy atom. The van der Waals surface area contributed by atoms with Crippen molar-refractivity contribution in [3.05, 3.63) is 41.6 Å². The fraction of sp³-hybridized carbons (Fsp3) is 0.618. The number of ether oxygens (including phenoxy) is 1. The lowest BCUT2D eigenvalue weighted by atomic mass is 9.95. The molecular weight excluding hydrogens is 568 g/mol. The molecule has 1 aromatic heterocycles. The predicted octanol–water partition coefficient (Wildman–Crippen LogP) is 3.74. The lowest BCUT2D eigenvalue weighted by molar-refractivity contribution is -0.131. The van der Waals surface area contributed by atoms with E-state index in [1.54, 1.807) is 14.2 Å². The summed E-state index contributed by atoms with van der Waals surface area (Å²) in [5, 5.41) is 3.45. The van der Waals surface area contributed by atoms with E-state index in [4.69, 9.17) is 10.8 Å². The highest BCUT2D eigenvalue weighted by molar-refractivity contribution is 5.77. The first-order chi connectivity index (χ1) is 22.0. The molecule has 2 saturated heterocycles. The Balaban J connectivity index is 0.00000148. The molecule has 5 rings (SSSR count). The van der Waals surface area contributed by atoms with Gasteiger partial charge in [0.2, 0.25) is 5.91 Å². The number of nitrogens with zero attached hydrogens (tertiary/aromatic N) is 5. The quantitative estimate of drug-likeness (QED) is 0.184. The molecule has 1 aromatic carbocycles. The largest absolute Gasteiger partial charge is 0.388 e. The number of nitrogens with two attached hydrogens (primary N) is 1. The van der Waals surface area contributed by atoms with Crippen LogP contribution in [0.15, 0.2) is 30.3 Å². The van der Waals surface area contributed by atoms with E-state index in [9.17, 15) is 9.59 Å². The third kappa shape index (κ3) is 10.0. The third-order valence-corrected chi connectivity index (χ3v) is 8.99. The second kappa shape index (κ2) is 17.9. The van der Waals surface area contributed by atoms with Crippen LogP contribution < -0.4 is 26.4 Å². The van der Waals surface area contributed by atoms with E-state index in [0.29, 0.717) is 18.9 Å². The second-order valence-electron chi connectivity index (χ2n) is 12.4. The molecule has 0 unspecified atom stereocenters. The number of carbonyl (C=O) groups is 2. The number of nitrogen functional groups attached to an aromatic ring is 1. The minimum atomic E-state index is 0.258. The monoisotopic (exact) mass is 622 g/mol. The Morgan fingerprint density at radius 3 is 2.58 bits per heavy atom. The number of hydrazine groups is 1. The summed E-state index contributed by atoms with van der Waals surface area (Å²) in [4.78, 5) is 38.1. The number of methoxy groups -OCH3 is 1. The van der Waals surface area contributed by atoms with Gasteiger partial charge in [0.1, 0.15) is 12.1 Å². The summed E-state index contributed by atoms with van der Waals surface area (Å²) in [5.41, 5.74) is 8.18. The molecule has 4 heterocycles. The Morgan fingerprint density at radius 1 is 1.13 bits per heavy atom. The van der Waals surface area contributed by atoms with E-state index in [2.05, 4.69) is 61.4 Å². The average Bonchev–Trinajstić information content (AvgIpc) is 3.08. The van der Waals surface area contributed by atoms with Crippen LogP contribution in [0, 0.1) is 5.92 Å². The standard InChI is InChI=1S/C32H48N8O2.C2H6O/c1-2-3-6-31(42)39-16-14-38(15-17-39)29-20-28(36-33)21-30(22-29)40(18-19-41)23-25-9-12-37(13-10-25)24-27-8-7-26-5-4-11-34-32(26)35-27;1-3-2/h7-8,19-22,25,36H,2-6,9-18,23-24,33H2,1H3,(H,34,35);1-2H3. The van der Waals surface area contributed by atoms with E-state index in [1.807, 2.05) is 11.0 Å². The van der Waals surface area contributed by atoms with E-state index >= 15 is 0 Å². The predicted molar refractivity (Wildman–Crippen MR) is 183 cm³/mol. The fourth-order valence-electron chi connectivity index (χ4n) is 6.44. The van der Waals surface area contributed by atoms with Crippen LogP contribution >= 0.6 is 0 Å². The first-order valence-electron chi connectivity index (χ1n) is 16.7. The molecule has 248 valence electrons. The van der Waals surface area contributed by atoms with Crippen LogP contribution in [0.25, 0.3) is 0 Å². The molecule has 1 amide bonds. The van der Waals surface area contributed by atoms with Crippen LogP contribution in [0.2, 0.25) is 0 Å². The summed E-state index contributed by atoms with van der Waals surface area (Å²) in [6.45, 7) is 10.3. The summed E-state index contributed by atoms with van der Waals surface area (Å²) in [6.07, 6.45) is 8.08. The normalized spacial score (nSPS) is 17.1. The molecule has 0 spiro atoms. The summed E-state index contributed by atoms with van der Waals surface area (Å²) in [5.74, 6) is 7.71. The molecule has 0 saturated carbocycles. The van der Waals surface area contributed by atoms with Gasteiger partial charge < -0.3 is 35.0 Å². The van der Waals surface area contributed by atoms with Crippen LogP contribution in [0.1, 0.15) is 56.7 Å². The van der Waals surface area contributed by atoms with Gasteiger partial charge in [-0.1, -0.05) is 19.4 Å². The van der Waals surface area contributed by atoms with Gasteiger partial charge in [0.25, 0.3) is 0 Å². The van der Waals surface area contributed by atoms with Crippen LogP contribution in [0.4, 0.5) is 22.9 Å². The van der Waals surface area contributed by atoms with E-state index in [0.717, 1.165) is 126 Å².